The number of nitrogens with one attached hydrogen (secondary N) is 1. The van der Waals surface area contributed by atoms with Crippen LogP contribution >= 0.6 is 11.6 Å². The van der Waals surface area contributed by atoms with Crippen molar-refractivity contribution in [3.05, 3.63) is 76.3 Å². The van der Waals surface area contributed by atoms with Gasteiger partial charge in [-0.15, -0.1) is 0 Å². The van der Waals surface area contributed by atoms with Gasteiger partial charge in [-0.3, -0.25) is 4.79 Å². The normalized spacial score (nSPS) is 31.6. The molecule has 2 heterocycles. The molecule has 8 heteroatoms. The van der Waals surface area contributed by atoms with Crippen LogP contribution in [0.5, 0.6) is 5.75 Å². The standard InChI is InChI=1S/C31H39ClN2O4S/c1-34-19-24-10-14-27(24)29(35)7-3-2-4-17-39(37)33-30(36)22-8-12-26(13-9-22)38-21-31(20-34)16-5-6-23-18-25(32)11-15-28(23)31/h2-3,8-9,11-13,15,18,24,27,29,35H,4-7,10,14,16-17,19-21H2,1H3,(H,33,36)/b3-2+. The van der Waals surface area contributed by atoms with Crippen molar-refractivity contribution in [2.75, 3.05) is 32.5 Å². The number of likely N-dealkylation sites (N-methyl/N-ethyl adjacent to an activating group) is 1. The third kappa shape index (κ3) is 6.83. The van der Waals surface area contributed by atoms with Crippen molar-refractivity contribution in [3.63, 3.8) is 0 Å². The lowest BCUT2D eigenvalue weighted by Crippen LogP contribution is -2.49. The number of halogens is 1. The highest BCUT2D eigenvalue weighted by Gasteiger charge is 2.41. The fourth-order valence-corrected chi connectivity index (χ4v) is 7.52. The molecule has 5 atom stereocenters. The molecule has 5 unspecified atom stereocenters. The number of carbonyl (C=O) groups excluding carboxylic acids is 1. The molecule has 2 aromatic rings. The topological polar surface area (TPSA) is 84.9 Å². The molecule has 6 rings (SSSR count). The van der Waals surface area contributed by atoms with Crippen molar-refractivity contribution in [2.24, 2.45) is 11.8 Å². The molecule has 2 aromatic carbocycles. The second-order valence-corrected chi connectivity index (χ2v) is 13.2. The van der Waals surface area contributed by atoms with Crippen molar-refractivity contribution in [2.45, 2.75) is 56.5 Å². The number of aliphatic hydroxyl groups is 1. The van der Waals surface area contributed by atoms with Gasteiger partial charge in [-0.25, -0.2) is 0 Å². The maximum atomic E-state index is 12.6. The zero-order chi connectivity index (χ0) is 27.4. The van der Waals surface area contributed by atoms with Crippen molar-refractivity contribution in [1.82, 2.24) is 9.62 Å². The maximum Gasteiger partial charge on any atom is 0.292 e. The van der Waals surface area contributed by atoms with E-state index < -0.39 is 11.4 Å². The number of aliphatic hydroxyl groups excluding tert-OH is 1. The molecule has 1 spiro atoms. The Hall–Kier alpha value is -2.03. The molecule has 1 saturated carbocycles. The van der Waals surface area contributed by atoms with Crippen LogP contribution in [0.3, 0.4) is 0 Å². The lowest BCUT2D eigenvalue weighted by atomic mass is 9.68. The van der Waals surface area contributed by atoms with Gasteiger partial charge in [0, 0.05) is 35.5 Å². The molecule has 39 heavy (non-hydrogen) atoms. The Kier molecular flexibility index (Phi) is 9.24. The van der Waals surface area contributed by atoms with E-state index in [0.717, 1.165) is 50.2 Å². The van der Waals surface area contributed by atoms with E-state index in [4.69, 9.17) is 16.3 Å². The molecule has 1 fully saturated rings. The molecular formula is C31H39ClN2O4S. The summed E-state index contributed by atoms with van der Waals surface area (Å²) in [6.07, 6.45) is 10.0. The van der Waals surface area contributed by atoms with Gasteiger partial charge in [0.2, 0.25) is 0 Å². The Bertz CT molecular complexity index is 1180. The molecule has 2 aliphatic heterocycles. The Morgan fingerprint density at radius 2 is 2.00 bits per heavy atom. The molecule has 0 aromatic heterocycles. The summed E-state index contributed by atoms with van der Waals surface area (Å²) in [7, 11) is 2.19. The Balaban J connectivity index is 1.41. The summed E-state index contributed by atoms with van der Waals surface area (Å²) in [6.45, 7) is 2.31. The van der Waals surface area contributed by atoms with Crippen LogP contribution in [0.1, 0.15) is 60.0 Å². The highest BCUT2D eigenvalue weighted by molar-refractivity contribution is 7.90. The molecule has 2 aliphatic carbocycles. The zero-order valence-electron chi connectivity index (χ0n) is 22.6. The van der Waals surface area contributed by atoms with Crippen LogP contribution in [-0.2, 0) is 23.2 Å². The number of hydrogen-bond donors (Lipinski definition) is 2. The first-order valence-corrected chi connectivity index (χ1v) is 15.8. The summed E-state index contributed by atoms with van der Waals surface area (Å²) in [5, 5.41) is 11.7. The maximum absolute atomic E-state index is 12.6. The summed E-state index contributed by atoms with van der Waals surface area (Å²) in [4.78, 5) is 15.0. The first-order chi connectivity index (χ1) is 18.8. The first kappa shape index (κ1) is 28.5. The quantitative estimate of drug-likeness (QED) is 0.342. The fraction of sp³-hybridized carbons (Fsp3) is 0.516. The summed E-state index contributed by atoms with van der Waals surface area (Å²) < 4.78 is 21.4. The number of carbonyl (C=O) groups is 1. The predicted octanol–water partition coefficient (Wildman–Crippen LogP) is 5.06. The molecular weight excluding hydrogens is 532 g/mol. The van der Waals surface area contributed by atoms with E-state index in [1.807, 2.05) is 30.4 Å². The zero-order valence-corrected chi connectivity index (χ0v) is 24.2. The van der Waals surface area contributed by atoms with Crippen molar-refractivity contribution >= 4 is 28.9 Å². The number of rotatable bonds is 0. The van der Waals surface area contributed by atoms with Gasteiger partial charge in [-0.2, -0.15) is 4.72 Å². The minimum absolute atomic E-state index is 0.195. The van der Waals surface area contributed by atoms with Crippen LogP contribution in [0.4, 0.5) is 0 Å². The first-order valence-electron chi connectivity index (χ1n) is 14.1. The molecule has 210 valence electrons. The molecule has 0 radical (unpaired) electrons. The van der Waals surface area contributed by atoms with E-state index in [1.165, 1.54) is 11.1 Å². The highest BCUT2D eigenvalue weighted by Crippen LogP contribution is 2.42. The Morgan fingerprint density at radius 3 is 2.77 bits per heavy atom. The molecule has 0 saturated heterocycles. The Morgan fingerprint density at radius 1 is 1.18 bits per heavy atom. The summed E-state index contributed by atoms with van der Waals surface area (Å²) in [6, 6.07) is 13.3. The second kappa shape index (κ2) is 12.6. The summed E-state index contributed by atoms with van der Waals surface area (Å²) >= 11 is 4.91. The van der Waals surface area contributed by atoms with Crippen molar-refractivity contribution in [1.29, 1.82) is 0 Å². The molecule has 4 aliphatic rings. The average molecular weight is 571 g/mol. The fourth-order valence-electron chi connectivity index (χ4n) is 6.55. The van der Waals surface area contributed by atoms with Crippen LogP contribution in [-0.4, -0.2) is 59.1 Å². The smallest absolute Gasteiger partial charge is 0.292 e. The van der Waals surface area contributed by atoms with Gasteiger partial charge in [0.25, 0.3) is 5.91 Å². The van der Waals surface area contributed by atoms with Gasteiger partial charge in [-0.05, 0) is 105 Å². The van der Waals surface area contributed by atoms with Crippen molar-refractivity contribution in [3.8, 4) is 5.75 Å². The van der Waals surface area contributed by atoms with Crippen molar-refractivity contribution < 1.29 is 19.2 Å². The van der Waals surface area contributed by atoms with Crippen LogP contribution in [0.2, 0.25) is 5.02 Å². The number of ether oxygens (including phenoxy) is 1. The number of aryl methyl sites for hydroxylation is 1. The lowest BCUT2D eigenvalue weighted by Gasteiger charge is -2.45. The van der Waals surface area contributed by atoms with Crippen LogP contribution in [0.25, 0.3) is 0 Å². The number of benzene rings is 2. The molecule has 6 nitrogen and oxygen atoms in total. The minimum atomic E-state index is -1.47. The average Bonchev–Trinajstić information content (AvgIpc) is 2.89. The van der Waals surface area contributed by atoms with Gasteiger partial charge < -0.3 is 19.3 Å². The van der Waals surface area contributed by atoms with E-state index in [0.29, 0.717) is 48.4 Å². The van der Waals surface area contributed by atoms with E-state index in [2.05, 4.69) is 28.8 Å². The van der Waals surface area contributed by atoms with Gasteiger partial charge >= 0.3 is 0 Å². The summed E-state index contributed by atoms with van der Waals surface area (Å²) in [5.74, 6) is 1.44. The monoisotopic (exact) mass is 570 g/mol. The second-order valence-electron chi connectivity index (χ2n) is 11.5. The number of amides is 1. The third-order valence-corrected chi connectivity index (χ3v) is 9.94. The molecule has 2 N–H and O–H groups in total. The van der Waals surface area contributed by atoms with Crippen LogP contribution in [0.15, 0.2) is 54.6 Å². The third-order valence-electron chi connectivity index (χ3n) is 8.68. The number of nitrogens with zero attached hydrogens (tertiary/aromatic N) is 1. The predicted molar refractivity (Wildman–Crippen MR) is 157 cm³/mol. The highest BCUT2D eigenvalue weighted by atomic mass is 35.5. The number of fused-ring (bicyclic) bond motifs is 13. The molecule has 2 bridgehead atoms. The van der Waals surface area contributed by atoms with Gasteiger partial charge in [-0.1, -0.05) is 29.8 Å². The van der Waals surface area contributed by atoms with Crippen LogP contribution < -0.4 is 9.46 Å². The van der Waals surface area contributed by atoms with Gasteiger partial charge in [0.15, 0.2) is 0 Å². The van der Waals surface area contributed by atoms with E-state index in [1.54, 1.807) is 12.1 Å². The SMILES string of the molecule is CN1CC2CCC2C(O)C/C=C/CC[S+]([O-])NC(=O)c2ccc(cc2)OCC2(CCCc3cc(Cl)ccc32)C1. The number of allylic oxidation sites excluding steroid dienone is 1. The van der Waals surface area contributed by atoms with E-state index >= 15 is 0 Å². The lowest BCUT2D eigenvalue weighted by molar-refractivity contribution is -0.00222. The largest absolute Gasteiger partial charge is 0.593 e. The van der Waals surface area contributed by atoms with Gasteiger partial charge in [0.05, 0.1) is 24.1 Å². The van der Waals surface area contributed by atoms with Crippen LogP contribution in [0, 0.1) is 11.8 Å². The Labute approximate surface area is 240 Å². The minimum Gasteiger partial charge on any atom is -0.593 e. The van der Waals surface area contributed by atoms with E-state index in [9.17, 15) is 14.5 Å². The number of hydrogen-bond acceptors (Lipinski definition) is 5. The molecule has 1 amide bonds. The van der Waals surface area contributed by atoms with E-state index in [-0.39, 0.29) is 17.4 Å². The summed E-state index contributed by atoms with van der Waals surface area (Å²) in [5.41, 5.74) is 2.85. The van der Waals surface area contributed by atoms with Gasteiger partial charge in [0.1, 0.15) is 11.5 Å².